The molecule has 2 rings (SSSR count). The van der Waals surface area contributed by atoms with Crippen LogP contribution in [-0.2, 0) is 13.0 Å². The van der Waals surface area contributed by atoms with Crippen LogP contribution < -0.4 is 15.2 Å². The summed E-state index contributed by atoms with van der Waals surface area (Å²) in [6.45, 7) is 3.70. The Morgan fingerprint density at radius 1 is 0.950 bits per heavy atom. The largest absolute Gasteiger partial charge is 0.490 e. The predicted octanol–water partition coefficient (Wildman–Crippen LogP) is 3.17. The van der Waals surface area contributed by atoms with E-state index in [2.05, 4.69) is 13.0 Å². The summed E-state index contributed by atoms with van der Waals surface area (Å²) in [5.41, 5.74) is 7.89. The maximum atomic E-state index is 5.76. The molecule has 106 valence electrons. The van der Waals surface area contributed by atoms with Crippen molar-refractivity contribution in [3.05, 3.63) is 59.7 Å². The minimum absolute atomic E-state index is 0.520. The summed E-state index contributed by atoms with van der Waals surface area (Å²) in [5, 5.41) is 0. The molecule has 0 saturated carbocycles. The average Bonchev–Trinajstić information content (AvgIpc) is 2.52. The van der Waals surface area contributed by atoms with Crippen molar-refractivity contribution in [1.82, 2.24) is 0 Å². The molecule has 2 aromatic rings. The van der Waals surface area contributed by atoms with Gasteiger partial charge in [-0.25, -0.2) is 0 Å². The fourth-order valence-corrected chi connectivity index (χ4v) is 2.01. The van der Waals surface area contributed by atoms with Crippen LogP contribution in [0.4, 0.5) is 0 Å². The van der Waals surface area contributed by atoms with Gasteiger partial charge in [-0.15, -0.1) is 0 Å². The molecule has 3 heteroatoms. The van der Waals surface area contributed by atoms with Crippen LogP contribution in [0, 0.1) is 0 Å². The van der Waals surface area contributed by atoms with Crippen molar-refractivity contribution >= 4 is 0 Å². The average molecular weight is 271 g/mol. The zero-order chi connectivity index (χ0) is 14.2. The van der Waals surface area contributed by atoms with Gasteiger partial charge in [-0.2, -0.15) is 0 Å². The molecule has 0 amide bonds. The van der Waals surface area contributed by atoms with Gasteiger partial charge < -0.3 is 15.2 Å². The first-order valence-electron chi connectivity index (χ1n) is 6.96. The van der Waals surface area contributed by atoms with Crippen LogP contribution in [0.3, 0.4) is 0 Å². The highest BCUT2D eigenvalue weighted by Gasteiger charge is 2.01. The molecule has 20 heavy (non-hydrogen) atoms. The predicted molar refractivity (Wildman–Crippen MR) is 81.1 cm³/mol. The molecule has 0 saturated heterocycles. The number of rotatable bonds is 7. The molecule has 0 unspecified atom stereocenters. The lowest BCUT2D eigenvalue weighted by molar-refractivity contribution is 0.216. The van der Waals surface area contributed by atoms with E-state index in [-0.39, 0.29) is 0 Å². The second kappa shape index (κ2) is 7.56. The van der Waals surface area contributed by atoms with Gasteiger partial charge in [-0.05, 0) is 35.7 Å². The normalized spacial score (nSPS) is 10.3. The first-order valence-corrected chi connectivity index (χ1v) is 6.96. The summed E-state index contributed by atoms with van der Waals surface area (Å²) >= 11 is 0. The van der Waals surface area contributed by atoms with Gasteiger partial charge in [-0.1, -0.05) is 37.3 Å². The lowest BCUT2D eigenvalue weighted by Gasteiger charge is -2.11. The number of aryl methyl sites for hydroxylation is 1. The smallest absolute Gasteiger partial charge is 0.122 e. The lowest BCUT2D eigenvalue weighted by atomic mass is 10.1. The van der Waals surface area contributed by atoms with Crippen molar-refractivity contribution in [3.8, 4) is 11.5 Å². The Bertz CT molecular complexity index is 540. The van der Waals surface area contributed by atoms with Gasteiger partial charge in [0.25, 0.3) is 0 Å². The molecule has 0 spiro atoms. The summed E-state index contributed by atoms with van der Waals surface area (Å²) in [6, 6.07) is 15.9. The Morgan fingerprint density at radius 2 is 1.75 bits per heavy atom. The van der Waals surface area contributed by atoms with Crippen molar-refractivity contribution in [2.24, 2.45) is 5.73 Å². The van der Waals surface area contributed by atoms with Gasteiger partial charge in [0.2, 0.25) is 0 Å². The van der Waals surface area contributed by atoms with E-state index >= 15 is 0 Å². The van der Waals surface area contributed by atoms with Gasteiger partial charge in [-0.3, -0.25) is 0 Å². The number of hydrogen-bond acceptors (Lipinski definition) is 3. The van der Waals surface area contributed by atoms with Crippen LogP contribution in [0.15, 0.2) is 48.5 Å². The van der Waals surface area contributed by atoms with Crippen molar-refractivity contribution in [2.75, 3.05) is 13.2 Å². The van der Waals surface area contributed by atoms with Gasteiger partial charge in [0.15, 0.2) is 0 Å². The van der Waals surface area contributed by atoms with E-state index in [1.807, 2.05) is 42.5 Å². The standard InChI is InChI=1S/C17H21NO2/c1-2-15-7-3-4-9-17(15)20-11-10-19-16-8-5-6-14(12-16)13-18/h3-9,12H,2,10-11,13,18H2,1H3. The van der Waals surface area contributed by atoms with E-state index in [0.717, 1.165) is 23.5 Å². The fourth-order valence-electron chi connectivity index (χ4n) is 2.01. The summed E-state index contributed by atoms with van der Waals surface area (Å²) in [6.07, 6.45) is 0.968. The first-order chi connectivity index (χ1) is 9.83. The van der Waals surface area contributed by atoms with E-state index in [1.165, 1.54) is 5.56 Å². The maximum absolute atomic E-state index is 5.76. The molecule has 0 aliphatic rings. The SMILES string of the molecule is CCc1ccccc1OCCOc1cccc(CN)c1. The van der Waals surface area contributed by atoms with E-state index in [9.17, 15) is 0 Å². The van der Waals surface area contributed by atoms with Gasteiger partial charge >= 0.3 is 0 Å². The van der Waals surface area contributed by atoms with Crippen LogP contribution >= 0.6 is 0 Å². The van der Waals surface area contributed by atoms with Crippen LogP contribution in [0.2, 0.25) is 0 Å². The number of para-hydroxylation sites is 1. The highest BCUT2D eigenvalue weighted by Crippen LogP contribution is 2.18. The Labute approximate surface area is 120 Å². The second-order valence-corrected chi connectivity index (χ2v) is 4.51. The molecule has 0 aliphatic carbocycles. The second-order valence-electron chi connectivity index (χ2n) is 4.51. The monoisotopic (exact) mass is 271 g/mol. The Morgan fingerprint density at radius 3 is 2.55 bits per heavy atom. The van der Waals surface area contributed by atoms with Crippen molar-refractivity contribution < 1.29 is 9.47 Å². The summed E-state index contributed by atoms with van der Waals surface area (Å²) < 4.78 is 11.4. The zero-order valence-electron chi connectivity index (χ0n) is 11.8. The van der Waals surface area contributed by atoms with E-state index in [1.54, 1.807) is 0 Å². The zero-order valence-corrected chi connectivity index (χ0v) is 11.8. The minimum atomic E-state index is 0.520. The minimum Gasteiger partial charge on any atom is -0.490 e. The molecule has 2 N–H and O–H groups in total. The quantitative estimate of drug-likeness (QED) is 0.787. The summed E-state index contributed by atoms with van der Waals surface area (Å²) in [4.78, 5) is 0. The molecular weight excluding hydrogens is 250 g/mol. The van der Waals surface area contributed by atoms with Crippen molar-refractivity contribution in [1.29, 1.82) is 0 Å². The highest BCUT2D eigenvalue weighted by atomic mass is 16.5. The Kier molecular flexibility index (Phi) is 5.44. The molecule has 0 fully saturated rings. The third-order valence-corrected chi connectivity index (χ3v) is 3.10. The van der Waals surface area contributed by atoms with E-state index in [4.69, 9.17) is 15.2 Å². The van der Waals surface area contributed by atoms with Gasteiger partial charge in [0, 0.05) is 6.54 Å². The fraction of sp³-hybridized carbons (Fsp3) is 0.294. The number of ether oxygens (including phenoxy) is 2. The molecule has 0 bridgehead atoms. The molecule has 0 aliphatic heterocycles. The highest BCUT2D eigenvalue weighted by molar-refractivity contribution is 5.33. The molecule has 0 aromatic heterocycles. The molecular formula is C17H21NO2. The molecule has 3 nitrogen and oxygen atoms in total. The van der Waals surface area contributed by atoms with E-state index in [0.29, 0.717) is 19.8 Å². The third-order valence-electron chi connectivity index (χ3n) is 3.10. The lowest BCUT2D eigenvalue weighted by Crippen LogP contribution is -2.10. The van der Waals surface area contributed by atoms with Gasteiger partial charge in [0.05, 0.1) is 0 Å². The topological polar surface area (TPSA) is 44.5 Å². The number of nitrogens with two attached hydrogens (primary N) is 1. The van der Waals surface area contributed by atoms with Crippen LogP contribution in [0.1, 0.15) is 18.1 Å². The first kappa shape index (κ1) is 14.4. The molecule has 0 atom stereocenters. The van der Waals surface area contributed by atoms with Crippen LogP contribution in [0.5, 0.6) is 11.5 Å². The van der Waals surface area contributed by atoms with Gasteiger partial charge in [0.1, 0.15) is 24.7 Å². The van der Waals surface area contributed by atoms with Crippen LogP contribution in [-0.4, -0.2) is 13.2 Å². The number of hydrogen-bond donors (Lipinski definition) is 1. The van der Waals surface area contributed by atoms with Crippen molar-refractivity contribution in [3.63, 3.8) is 0 Å². The maximum Gasteiger partial charge on any atom is 0.122 e. The van der Waals surface area contributed by atoms with E-state index < -0.39 is 0 Å². The molecule has 2 aromatic carbocycles. The summed E-state index contributed by atoms with van der Waals surface area (Å²) in [5.74, 6) is 1.77. The summed E-state index contributed by atoms with van der Waals surface area (Å²) in [7, 11) is 0. The molecule has 0 radical (unpaired) electrons. The Balaban J connectivity index is 1.81. The van der Waals surface area contributed by atoms with Crippen LogP contribution in [0.25, 0.3) is 0 Å². The van der Waals surface area contributed by atoms with Crippen molar-refractivity contribution in [2.45, 2.75) is 19.9 Å². The Hall–Kier alpha value is -2.00. The number of benzene rings is 2. The molecule has 0 heterocycles. The third kappa shape index (κ3) is 4.00.